The molecule has 0 spiro atoms. The molecule has 0 amide bonds. The molecule has 2 nitrogen and oxygen atoms in total. The van der Waals surface area contributed by atoms with Crippen molar-refractivity contribution in [1.29, 1.82) is 0 Å². The predicted molar refractivity (Wildman–Crippen MR) is 87.4 cm³/mol. The number of ether oxygens (including phenoxy) is 1. The van der Waals surface area contributed by atoms with Crippen LogP contribution in [0.25, 0.3) is 0 Å². The van der Waals surface area contributed by atoms with Crippen LogP contribution in [0.15, 0.2) is 46.9 Å². The Kier molecular flexibility index (Phi) is 5.46. The van der Waals surface area contributed by atoms with Crippen LogP contribution in [0.1, 0.15) is 24.1 Å². The Morgan fingerprint density at radius 2 is 2.05 bits per heavy atom. The van der Waals surface area contributed by atoms with Crippen molar-refractivity contribution in [3.63, 3.8) is 0 Å². The maximum atomic E-state index is 6.01. The van der Waals surface area contributed by atoms with E-state index in [-0.39, 0.29) is 6.04 Å². The first-order chi connectivity index (χ1) is 9.60. The van der Waals surface area contributed by atoms with Crippen molar-refractivity contribution in [2.75, 3.05) is 7.11 Å². The van der Waals surface area contributed by atoms with Crippen molar-refractivity contribution in [1.82, 2.24) is 5.32 Å². The molecule has 0 saturated carbocycles. The Morgan fingerprint density at radius 1 is 1.25 bits per heavy atom. The highest BCUT2D eigenvalue weighted by Gasteiger charge is 2.06. The molecule has 0 aliphatic carbocycles. The summed E-state index contributed by atoms with van der Waals surface area (Å²) < 4.78 is 6.19. The third-order valence-electron chi connectivity index (χ3n) is 3.18. The molecule has 2 aromatic rings. The molecule has 0 aliphatic heterocycles. The van der Waals surface area contributed by atoms with E-state index in [2.05, 4.69) is 46.4 Å². The zero-order chi connectivity index (χ0) is 14.5. The second kappa shape index (κ2) is 7.11. The summed E-state index contributed by atoms with van der Waals surface area (Å²) in [5, 5.41) is 4.25. The Balaban J connectivity index is 1.99. The summed E-state index contributed by atoms with van der Waals surface area (Å²) in [6.07, 6.45) is 0. The average molecular weight is 355 g/mol. The van der Waals surface area contributed by atoms with Crippen LogP contribution in [-0.4, -0.2) is 7.11 Å². The molecule has 20 heavy (non-hydrogen) atoms. The minimum absolute atomic E-state index is 0.245. The fourth-order valence-corrected chi connectivity index (χ4v) is 2.77. The van der Waals surface area contributed by atoms with Gasteiger partial charge in [0.25, 0.3) is 0 Å². The van der Waals surface area contributed by atoms with Gasteiger partial charge >= 0.3 is 0 Å². The Morgan fingerprint density at radius 3 is 2.70 bits per heavy atom. The molecule has 0 fully saturated rings. The molecule has 0 heterocycles. The van der Waals surface area contributed by atoms with Crippen molar-refractivity contribution in [3.05, 3.63) is 63.1 Å². The quantitative estimate of drug-likeness (QED) is 0.819. The van der Waals surface area contributed by atoms with E-state index in [1.807, 2.05) is 24.3 Å². The number of hydrogen-bond acceptors (Lipinski definition) is 2. The number of halogens is 2. The summed E-state index contributed by atoms with van der Waals surface area (Å²) in [4.78, 5) is 0. The topological polar surface area (TPSA) is 21.3 Å². The lowest BCUT2D eigenvalue weighted by Gasteiger charge is -2.15. The molecule has 106 valence electrons. The zero-order valence-electron chi connectivity index (χ0n) is 11.5. The SMILES string of the molecule is COc1ccc(CN[C@@H](C)c2cccc(Cl)c2)cc1Br. The van der Waals surface area contributed by atoms with Gasteiger partial charge in [0, 0.05) is 17.6 Å². The van der Waals surface area contributed by atoms with Gasteiger partial charge in [0.15, 0.2) is 0 Å². The molecule has 0 aromatic heterocycles. The van der Waals surface area contributed by atoms with E-state index < -0.39 is 0 Å². The predicted octanol–water partition coefficient (Wildman–Crippen LogP) is 4.96. The van der Waals surface area contributed by atoms with E-state index in [0.29, 0.717) is 0 Å². The van der Waals surface area contributed by atoms with E-state index in [0.717, 1.165) is 21.8 Å². The van der Waals surface area contributed by atoms with Crippen molar-refractivity contribution < 1.29 is 4.74 Å². The van der Waals surface area contributed by atoms with Crippen molar-refractivity contribution in [3.8, 4) is 5.75 Å². The van der Waals surface area contributed by atoms with Gasteiger partial charge in [-0.15, -0.1) is 0 Å². The standard InChI is InChI=1S/C16H17BrClNO/c1-11(13-4-3-5-14(18)9-13)19-10-12-6-7-16(20-2)15(17)8-12/h3-9,11,19H,10H2,1-2H3/t11-/m0/s1. The van der Waals surface area contributed by atoms with Crippen LogP contribution in [0.4, 0.5) is 0 Å². The van der Waals surface area contributed by atoms with E-state index in [4.69, 9.17) is 16.3 Å². The van der Waals surface area contributed by atoms with Crippen LogP contribution in [0.2, 0.25) is 5.02 Å². The number of rotatable bonds is 5. The fourth-order valence-electron chi connectivity index (χ4n) is 1.98. The molecule has 1 N–H and O–H groups in total. The van der Waals surface area contributed by atoms with Crippen molar-refractivity contribution >= 4 is 27.5 Å². The Hall–Kier alpha value is -1.03. The second-order valence-corrected chi connectivity index (χ2v) is 5.92. The highest BCUT2D eigenvalue weighted by atomic mass is 79.9. The number of nitrogens with one attached hydrogen (secondary N) is 1. The average Bonchev–Trinajstić information content (AvgIpc) is 2.45. The summed E-state index contributed by atoms with van der Waals surface area (Å²) in [5.74, 6) is 0.844. The van der Waals surface area contributed by atoms with Crippen LogP contribution in [0.5, 0.6) is 5.75 Å². The lowest BCUT2D eigenvalue weighted by molar-refractivity contribution is 0.412. The monoisotopic (exact) mass is 353 g/mol. The number of methoxy groups -OCH3 is 1. The molecule has 2 aromatic carbocycles. The summed E-state index contributed by atoms with van der Waals surface area (Å²) >= 11 is 9.51. The van der Waals surface area contributed by atoms with Gasteiger partial charge in [-0.1, -0.05) is 29.8 Å². The number of hydrogen-bond donors (Lipinski definition) is 1. The highest BCUT2D eigenvalue weighted by Crippen LogP contribution is 2.26. The lowest BCUT2D eigenvalue weighted by Crippen LogP contribution is -2.18. The summed E-state index contributed by atoms with van der Waals surface area (Å²) in [7, 11) is 1.67. The normalized spacial score (nSPS) is 12.2. The maximum Gasteiger partial charge on any atom is 0.133 e. The van der Waals surface area contributed by atoms with Crippen molar-refractivity contribution in [2.45, 2.75) is 19.5 Å². The molecular weight excluding hydrogens is 338 g/mol. The number of benzene rings is 2. The van der Waals surface area contributed by atoms with E-state index in [1.165, 1.54) is 11.1 Å². The van der Waals surface area contributed by atoms with E-state index in [9.17, 15) is 0 Å². The van der Waals surface area contributed by atoms with Gasteiger partial charge in [-0.2, -0.15) is 0 Å². The van der Waals surface area contributed by atoms with Crippen LogP contribution >= 0.6 is 27.5 Å². The Bertz CT molecular complexity index is 588. The third kappa shape index (κ3) is 3.98. The van der Waals surface area contributed by atoms with Gasteiger partial charge < -0.3 is 10.1 Å². The first kappa shape index (κ1) is 15.4. The molecule has 0 saturated heterocycles. The summed E-state index contributed by atoms with van der Waals surface area (Å²) in [6.45, 7) is 2.92. The van der Waals surface area contributed by atoms with Crippen LogP contribution in [-0.2, 0) is 6.54 Å². The van der Waals surface area contributed by atoms with E-state index >= 15 is 0 Å². The molecule has 0 bridgehead atoms. The highest BCUT2D eigenvalue weighted by molar-refractivity contribution is 9.10. The molecule has 1 atom stereocenters. The molecule has 4 heteroatoms. The molecule has 2 rings (SSSR count). The minimum atomic E-state index is 0.245. The van der Waals surface area contributed by atoms with Gasteiger partial charge in [-0.05, 0) is 58.2 Å². The molecule has 0 aliphatic rings. The van der Waals surface area contributed by atoms with Gasteiger partial charge in [-0.3, -0.25) is 0 Å². The van der Waals surface area contributed by atoms with Crippen LogP contribution in [0, 0.1) is 0 Å². The van der Waals surface area contributed by atoms with Gasteiger partial charge in [0.2, 0.25) is 0 Å². The lowest BCUT2D eigenvalue weighted by atomic mass is 10.1. The first-order valence-electron chi connectivity index (χ1n) is 6.41. The Labute approximate surface area is 133 Å². The smallest absolute Gasteiger partial charge is 0.133 e. The van der Waals surface area contributed by atoms with E-state index in [1.54, 1.807) is 7.11 Å². The maximum absolute atomic E-state index is 6.01. The van der Waals surface area contributed by atoms with Gasteiger partial charge in [0.05, 0.1) is 11.6 Å². The summed E-state index contributed by atoms with van der Waals surface area (Å²) in [5.41, 5.74) is 2.39. The molecule has 0 unspecified atom stereocenters. The zero-order valence-corrected chi connectivity index (χ0v) is 13.8. The van der Waals surface area contributed by atoms with Gasteiger partial charge in [0.1, 0.15) is 5.75 Å². The fraction of sp³-hybridized carbons (Fsp3) is 0.250. The van der Waals surface area contributed by atoms with Crippen LogP contribution < -0.4 is 10.1 Å². The molecular formula is C16H17BrClNO. The second-order valence-electron chi connectivity index (χ2n) is 4.63. The van der Waals surface area contributed by atoms with Crippen molar-refractivity contribution in [2.24, 2.45) is 0 Å². The third-order valence-corrected chi connectivity index (χ3v) is 4.03. The summed E-state index contributed by atoms with van der Waals surface area (Å²) in [6, 6.07) is 14.3. The largest absolute Gasteiger partial charge is 0.496 e. The van der Waals surface area contributed by atoms with Crippen LogP contribution in [0.3, 0.4) is 0 Å². The van der Waals surface area contributed by atoms with Gasteiger partial charge in [-0.25, -0.2) is 0 Å². The minimum Gasteiger partial charge on any atom is -0.496 e. The molecule has 0 radical (unpaired) electrons. The first-order valence-corrected chi connectivity index (χ1v) is 7.58.